The Bertz CT molecular complexity index is 362. The Labute approximate surface area is 107 Å². The zero-order valence-corrected chi connectivity index (χ0v) is 11.1. The van der Waals surface area contributed by atoms with E-state index in [0.717, 1.165) is 6.61 Å². The Balaban J connectivity index is 1.73. The van der Waals surface area contributed by atoms with Crippen molar-refractivity contribution in [2.75, 3.05) is 13.7 Å². The summed E-state index contributed by atoms with van der Waals surface area (Å²) in [5.41, 5.74) is 2.17. The van der Waals surface area contributed by atoms with E-state index >= 15 is 0 Å². The predicted molar refractivity (Wildman–Crippen MR) is 69.2 cm³/mol. The van der Waals surface area contributed by atoms with Crippen LogP contribution >= 0.6 is 11.3 Å². The highest BCUT2D eigenvalue weighted by Gasteiger charge is 2.44. The average molecular weight is 252 g/mol. The van der Waals surface area contributed by atoms with Crippen molar-refractivity contribution in [3.05, 3.63) is 16.6 Å². The molecule has 2 heterocycles. The van der Waals surface area contributed by atoms with Crippen LogP contribution in [0.4, 0.5) is 0 Å². The molecule has 94 valence electrons. The van der Waals surface area contributed by atoms with Gasteiger partial charge in [-0.1, -0.05) is 0 Å². The molecule has 1 aliphatic carbocycles. The van der Waals surface area contributed by atoms with E-state index in [-0.39, 0.29) is 5.60 Å². The fourth-order valence-electron chi connectivity index (χ4n) is 3.26. The lowest BCUT2D eigenvalue weighted by Gasteiger charge is -2.48. The summed E-state index contributed by atoms with van der Waals surface area (Å²) in [6.07, 6.45) is 8.28. The maximum Gasteiger partial charge on any atom is 0.0794 e. The van der Waals surface area contributed by atoms with Crippen LogP contribution in [-0.4, -0.2) is 24.2 Å². The molecule has 2 unspecified atom stereocenters. The van der Waals surface area contributed by atoms with Gasteiger partial charge in [-0.3, -0.25) is 4.98 Å². The van der Waals surface area contributed by atoms with Crippen LogP contribution < -0.4 is 5.32 Å². The van der Waals surface area contributed by atoms with Crippen LogP contribution in [0.3, 0.4) is 0 Å². The predicted octanol–water partition coefficient (Wildman–Crippen LogP) is 2.75. The summed E-state index contributed by atoms with van der Waals surface area (Å²) < 4.78 is 6.00. The summed E-state index contributed by atoms with van der Waals surface area (Å²) in [6.45, 7) is 0.932. The molecule has 1 spiro atoms. The lowest BCUT2D eigenvalue weighted by molar-refractivity contribution is -0.147. The highest BCUT2D eigenvalue weighted by molar-refractivity contribution is 7.09. The van der Waals surface area contributed by atoms with Gasteiger partial charge in [-0.15, -0.1) is 11.3 Å². The van der Waals surface area contributed by atoms with Crippen molar-refractivity contribution in [3.8, 4) is 0 Å². The average Bonchev–Trinajstić information content (AvgIpc) is 2.82. The van der Waals surface area contributed by atoms with Crippen LogP contribution in [-0.2, 0) is 4.74 Å². The summed E-state index contributed by atoms with van der Waals surface area (Å²) in [7, 11) is 2.06. The summed E-state index contributed by atoms with van der Waals surface area (Å²) >= 11 is 1.76. The number of hydrogen-bond acceptors (Lipinski definition) is 4. The molecular formula is C13H20N2OS. The number of ether oxygens (including phenoxy) is 1. The number of thiazole rings is 1. The van der Waals surface area contributed by atoms with Gasteiger partial charge in [0.15, 0.2) is 0 Å². The second kappa shape index (κ2) is 4.67. The van der Waals surface area contributed by atoms with Crippen molar-refractivity contribution in [1.29, 1.82) is 0 Å². The van der Waals surface area contributed by atoms with Crippen molar-refractivity contribution >= 4 is 11.3 Å². The number of aromatic nitrogens is 1. The molecular weight excluding hydrogens is 232 g/mol. The van der Waals surface area contributed by atoms with E-state index in [0.29, 0.717) is 12.0 Å². The molecule has 0 bridgehead atoms. The number of hydrogen-bond donors (Lipinski definition) is 1. The van der Waals surface area contributed by atoms with E-state index < -0.39 is 0 Å². The summed E-state index contributed by atoms with van der Waals surface area (Å²) in [5.74, 6) is 0.703. The third kappa shape index (κ3) is 2.14. The van der Waals surface area contributed by atoms with Crippen molar-refractivity contribution in [2.45, 2.75) is 43.7 Å². The highest BCUT2D eigenvalue weighted by Crippen LogP contribution is 2.47. The Morgan fingerprint density at radius 1 is 1.59 bits per heavy atom. The van der Waals surface area contributed by atoms with Crippen LogP contribution in [0.5, 0.6) is 0 Å². The van der Waals surface area contributed by atoms with Gasteiger partial charge in [-0.25, -0.2) is 0 Å². The molecule has 0 amide bonds. The van der Waals surface area contributed by atoms with Crippen LogP contribution in [0, 0.1) is 5.92 Å². The molecule has 1 aromatic rings. The fourth-order valence-corrected chi connectivity index (χ4v) is 4.08. The minimum absolute atomic E-state index is 0.239. The van der Waals surface area contributed by atoms with Crippen LogP contribution in [0.1, 0.15) is 43.0 Å². The smallest absolute Gasteiger partial charge is 0.0794 e. The minimum Gasteiger partial charge on any atom is -0.375 e. The van der Waals surface area contributed by atoms with Crippen molar-refractivity contribution in [2.24, 2.45) is 5.92 Å². The second-order valence-electron chi connectivity index (χ2n) is 5.31. The highest BCUT2D eigenvalue weighted by atomic mass is 32.1. The maximum atomic E-state index is 6.00. The first-order valence-electron chi connectivity index (χ1n) is 6.53. The molecule has 1 saturated carbocycles. The van der Waals surface area contributed by atoms with Gasteiger partial charge in [0.1, 0.15) is 0 Å². The molecule has 0 aromatic carbocycles. The van der Waals surface area contributed by atoms with Gasteiger partial charge < -0.3 is 10.1 Å². The number of rotatable bonds is 3. The van der Waals surface area contributed by atoms with E-state index in [1.54, 1.807) is 11.3 Å². The summed E-state index contributed by atoms with van der Waals surface area (Å²) in [5, 5.41) is 3.47. The number of nitrogens with one attached hydrogen (secondary N) is 1. The molecule has 4 heteroatoms. The molecule has 0 radical (unpaired) electrons. The lowest BCUT2D eigenvalue weighted by Crippen LogP contribution is -2.47. The normalized spacial score (nSPS) is 28.9. The van der Waals surface area contributed by atoms with Crippen LogP contribution in [0.2, 0.25) is 0 Å². The second-order valence-corrected chi connectivity index (χ2v) is 6.23. The first-order chi connectivity index (χ1) is 8.33. The first-order valence-corrected chi connectivity index (χ1v) is 7.41. The Morgan fingerprint density at radius 2 is 2.47 bits per heavy atom. The summed E-state index contributed by atoms with van der Waals surface area (Å²) in [4.78, 5) is 5.57. The van der Waals surface area contributed by atoms with Gasteiger partial charge in [0.25, 0.3) is 0 Å². The third-order valence-electron chi connectivity index (χ3n) is 4.34. The zero-order valence-electron chi connectivity index (χ0n) is 10.3. The molecule has 3 rings (SSSR count). The Morgan fingerprint density at radius 3 is 3.06 bits per heavy atom. The summed E-state index contributed by atoms with van der Waals surface area (Å²) in [6, 6.07) is 0.462. The van der Waals surface area contributed by atoms with Crippen molar-refractivity contribution in [1.82, 2.24) is 10.3 Å². The van der Waals surface area contributed by atoms with Crippen molar-refractivity contribution in [3.63, 3.8) is 0 Å². The minimum atomic E-state index is 0.239. The molecule has 1 aromatic heterocycles. The lowest BCUT2D eigenvalue weighted by atomic mass is 9.70. The fraction of sp³-hybridized carbons (Fsp3) is 0.769. The molecule has 17 heavy (non-hydrogen) atoms. The third-order valence-corrected chi connectivity index (χ3v) is 5.19. The van der Waals surface area contributed by atoms with E-state index in [1.807, 2.05) is 11.7 Å². The topological polar surface area (TPSA) is 34.2 Å². The molecule has 2 aliphatic rings. The molecule has 2 fully saturated rings. The monoisotopic (exact) mass is 252 g/mol. The van der Waals surface area contributed by atoms with Gasteiger partial charge >= 0.3 is 0 Å². The molecule has 1 aliphatic heterocycles. The first kappa shape index (κ1) is 11.6. The van der Waals surface area contributed by atoms with Gasteiger partial charge in [-0.05, 0) is 45.1 Å². The van der Waals surface area contributed by atoms with Crippen molar-refractivity contribution < 1.29 is 4.74 Å². The van der Waals surface area contributed by atoms with E-state index in [9.17, 15) is 0 Å². The van der Waals surface area contributed by atoms with Crippen LogP contribution in [0.25, 0.3) is 0 Å². The maximum absolute atomic E-state index is 6.00. The molecule has 2 atom stereocenters. The van der Waals surface area contributed by atoms with E-state index in [1.165, 1.54) is 37.0 Å². The van der Waals surface area contributed by atoms with E-state index in [4.69, 9.17) is 4.74 Å². The molecule has 3 nitrogen and oxygen atoms in total. The zero-order chi connectivity index (χ0) is 11.7. The van der Waals surface area contributed by atoms with Gasteiger partial charge in [0, 0.05) is 23.7 Å². The quantitative estimate of drug-likeness (QED) is 0.898. The Kier molecular flexibility index (Phi) is 3.19. The molecule has 1 saturated heterocycles. The van der Waals surface area contributed by atoms with Gasteiger partial charge in [0.05, 0.1) is 11.1 Å². The van der Waals surface area contributed by atoms with Gasteiger partial charge in [0.2, 0.25) is 0 Å². The van der Waals surface area contributed by atoms with E-state index in [2.05, 4.69) is 17.3 Å². The standard InChI is InChI=1S/C13H20N2OS/c1-14-12(11-8-15-9-17-11)10-3-6-16-13(7-10)4-2-5-13/h8-10,12,14H,2-7H2,1H3. The largest absolute Gasteiger partial charge is 0.375 e. The SMILES string of the molecule is CNC(c1cncs1)C1CCOC2(CCC2)C1. The van der Waals surface area contributed by atoms with Crippen LogP contribution in [0.15, 0.2) is 11.7 Å². The number of nitrogens with zero attached hydrogens (tertiary/aromatic N) is 1. The Hall–Kier alpha value is -0.450. The molecule has 1 N–H and O–H groups in total. The van der Waals surface area contributed by atoms with Gasteiger partial charge in [-0.2, -0.15) is 0 Å².